The molecule has 1 fully saturated rings. The molecule has 0 amide bonds. The molecule has 110 valence electrons. The summed E-state index contributed by atoms with van der Waals surface area (Å²) in [5.41, 5.74) is 1.70. The molecule has 0 bridgehead atoms. The summed E-state index contributed by atoms with van der Waals surface area (Å²) in [6.07, 6.45) is 6.82. The molecule has 20 heavy (non-hydrogen) atoms. The van der Waals surface area contributed by atoms with Gasteiger partial charge in [-0.15, -0.1) is 5.10 Å². The van der Waals surface area contributed by atoms with Gasteiger partial charge in [-0.3, -0.25) is 0 Å². The van der Waals surface area contributed by atoms with E-state index in [2.05, 4.69) is 10.2 Å². The van der Waals surface area contributed by atoms with Crippen LogP contribution in [0.2, 0.25) is 0 Å². The minimum absolute atomic E-state index is 0.0772. The third-order valence-corrected chi connectivity index (χ3v) is 3.86. The number of carbonyl (C=O) groups is 1. The molecule has 1 aromatic heterocycles. The third kappa shape index (κ3) is 3.08. The number of nitrogens with zero attached hydrogens (tertiary/aromatic N) is 2. The van der Waals surface area contributed by atoms with E-state index in [-0.39, 0.29) is 17.5 Å². The van der Waals surface area contributed by atoms with Crippen LogP contribution in [0.25, 0.3) is 0 Å². The number of aromatic carboxylic acids is 1. The fourth-order valence-electron chi connectivity index (χ4n) is 2.80. The van der Waals surface area contributed by atoms with Gasteiger partial charge in [0.1, 0.15) is 11.7 Å². The van der Waals surface area contributed by atoms with Gasteiger partial charge in [-0.25, -0.2) is 4.79 Å². The van der Waals surface area contributed by atoms with Crippen LogP contribution in [-0.2, 0) is 12.8 Å². The number of hydrogen-bond donors (Lipinski definition) is 1. The summed E-state index contributed by atoms with van der Waals surface area (Å²) in [4.78, 5) is 11.6. The molecule has 0 spiro atoms. The van der Waals surface area contributed by atoms with E-state index in [1.165, 1.54) is 6.42 Å². The molecule has 1 aromatic rings. The Morgan fingerprint density at radius 2 is 1.90 bits per heavy atom. The number of carboxylic acid groups (broad SMARTS) is 1. The highest BCUT2D eigenvalue weighted by Gasteiger charge is 2.24. The van der Waals surface area contributed by atoms with E-state index in [1.54, 1.807) is 0 Å². The molecule has 5 heteroatoms. The van der Waals surface area contributed by atoms with Gasteiger partial charge in [-0.1, -0.05) is 20.3 Å². The summed E-state index contributed by atoms with van der Waals surface area (Å²) in [5.74, 6) is -0.782. The van der Waals surface area contributed by atoms with E-state index in [4.69, 9.17) is 4.74 Å². The maximum atomic E-state index is 11.6. The molecule has 0 aliphatic heterocycles. The first-order valence-corrected chi connectivity index (χ1v) is 7.45. The number of aromatic nitrogens is 2. The first kappa shape index (κ1) is 14.8. The Bertz CT molecular complexity index is 482. The fourth-order valence-corrected chi connectivity index (χ4v) is 2.80. The lowest BCUT2D eigenvalue weighted by Gasteiger charge is -2.23. The van der Waals surface area contributed by atoms with Crippen LogP contribution in [0.4, 0.5) is 0 Å². The molecule has 1 heterocycles. The third-order valence-electron chi connectivity index (χ3n) is 3.86. The summed E-state index contributed by atoms with van der Waals surface area (Å²) < 4.78 is 5.84. The van der Waals surface area contributed by atoms with Crippen molar-refractivity contribution in [3.63, 3.8) is 0 Å². The Morgan fingerprint density at radius 3 is 2.45 bits per heavy atom. The Hall–Kier alpha value is -1.65. The molecule has 0 unspecified atom stereocenters. The number of aryl methyl sites for hydroxylation is 1. The highest BCUT2D eigenvalue weighted by Crippen LogP contribution is 2.27. The van der Waals surface area contributed by atoms with E-state index in [0.717, 1.165) is 36.9 Å². The smallest absolute Gasteiger partial charge is 0.341 e. The summed E-state index contributed by atoms with van der Waals surface area (Å²) in [5, 5.41) is 17.6. The van der Waals surface area contributed by atoms with Crippen molar-refractivity contribution in [2.24, 2.45) is 0 Å². The average molecular weight is 278 g/mol. The van der Waals surface area contributed by atoms with Gasteiger partial charge in [-0.2, -0.15) is 5.10 Å². The number of ether oxygens (including phenoxy) is 1. The summed E-state index contributed by atoms with van der Waals surface area (Å²) in [6.45, 7) is 3.89. The quantitative estimate of drug-likeness (QED) is 0.896. The zero-order valence-electron chi connectivity index (χ0n) is 12.2. The predicted octanol–water partition coefficient (Wildman–Crippen LogP) is 3.01. The van der Waals surface area contributed by atoms with Crippen LogP contribution in [0.5, 0.6) is 5.88 Å². The first-order valence-electron chi connectivity index (χ1n) is 7.45. The highest BCUT2D eigenvalue weighted by atomic mass is 16.5. The van der Waals surface area contributed by atoms with E-state index in [1.807, 2.05) is 13.8 Å². The Kier molecular flexibility index (Phi) is 4.93. The van der Waals surface area contributed by atoms with Crippen molar-refractivity contribution in [1.82, 2.24) is 10.2 Å². The highest BCUT2D eigenvalue weighted by molar-refractivity contribution is 5.92. The van der Waals surface area contributed by atoms with Gasteiger partial charge >= 0.3 is 5.97 Å². The summed E-state index contributed by atoms with van der Waals surface area (Å²) in [6, 6.07) is 0. The molecule has 1 aliphatic carbocycles. The lowest BCUT2D eigenvalue weighted by molar-refractivity contribution is 0.0681. The van der Waals surface area contributed by atoms with Crippen molar-refractivity contribution in [2.45, 2.75) is 64.9 Å². The number of carboxylic acids is 1. The topological polar surface area (TPSA) is 72.3 Å². The number of rotatable bonds is 5. The lowest BCUT2D eigenvalue weighted by atomic mass is 9.97. The average Bonchev–Trinajstić information content (AvgIpc) is 2.47. The second-order valence-corrected chi connectivity index (χ2v) is 5.20. The zero-order valence-corrected chi connectivity index (χ0v) is 12.2. The van der Waals surface area contributed by atoms with Crippen LogP contribution in [0, 0.1) is 0 Å². The molecule has 0 atom stereocenters. The van der Waals surface area contributed by atoms with E-state index in [0.29, 0.717) is 12.8 Å². The van der Waals surface area contributed by atoms with Gasteiger partial charge < -0.3 is 9.84 Å². The van der Waals surface area contributed by atoms with Gasteiger partial charge in [-0.05, 0) is 44.1 Å². The molecule has 2 rings (SSSR count). The van der Waals surface area contributed by atoms with Gasteiger partial charge in [0.05, 0.1) is 5.69 Å². The Balaban J connectivity index is 2.33. The monoisotopic (exact) mass is 278 g/mol. The minimum atomic E-state index is -0.975. The van der Waals surface area contributed by atoms with Crippen LogP contribution in [0.1, 0.15) is 67.6 Å². The molecule has 1 aliphatic rings. The molecular weight excluding hydrogens is 256 g/mol. The fraction of sp³-hybridized carbons (Fsp3) is 0.667. The van der Waals surface area contributed by atoms with Crippen molar-refractivity contribution in [2.75, 3.05) is 0 Å². The second-order valence-electron chi connectivity index (χ2n) is 5.20. The van der Waals surface area contributed by atoms with Crippen molar-refractivity contribution in [3.8, 4) is 5.88 Å². The largest absolute Gasteiger partial charge is 0.477 e. The van der Waals surface area contributed by atoms with Crippen molar-refractivity contribution >= 4 is 5.97 Å². The summed E-state index contributed by atoms with van der Waals surface area (Å²) >= 11 is 0. The van der Waals surface area contributed by atoms with Crippen LogP contribution in [0.3, 0.4) is 0 Å². The SMILES string of the molecule is CCc1nnc(OC2CCCCC2)c(C(=O)O)c1CC. The van der Waals surface area contributed by atoms with Crippen LogP contribution >= 0.6 is 0 Å². The van der Waals surface area contributed by atoms with Crippen molar-refractivity contribution in [1.29, 1.82) is 0 Å². The molecule has 5 nitrogen and oxygen atoms in total. The van der Waals surface area contributed by atoms with E-state index >= 15 is 0 Å². The molecule has 1 N–H and O–H groups in total. The minimum Gasteiger partial charge on any atom is -0.477 e. The van der Waals surface area contributed by atoms with Crippen molar-refractivity contribution < 1.29 is 14.6 Å². The second kappa shape index (κ2) is 6.68. The molecule has 0 saturated heterocycles. The van der Waals surface area contributed by atoms with Gasteiger partial charge in [0.15, 0.2) is 0 Å². The maximum absolute atomic E-state index is 11.6. The van der Waals surface area contributed by atoms with Crippen molar-refractivity contribution in [3.05, 3.63) is 16.8 Å². The normalized spacial score (nSPS) is 16.1. The molecule has 1 saturated carbocycles. The lowest BCUT2D eigenvalue weighted by Crippen LogP contribution is -2.23. The van der Waals surface area contributed by atoms with Crippen LogP contribution < -0.4 is 4.74 Å². The first-order chi connectivity index (χ1) is 9.67. The van der Waals surface area contributed by atoms with E-state index < -0.39 is 5.97 Å². The van der Waals surface area contributed by atoms with E-state index in [9.17, 15) is 9.90 Å². The van der Waals surface area contributed by atoms with Crippen LogP contribution in [-0.4, -0.2) is 27.4 Å². The Morgan fingerprint density at radius 1 is 1.20 bits per heavy atom. The molecular formula is C15H22N2O3. The zero-order chi connectivity index (χ0) is 14.5. The maximum Gasteiger partial charge on any atom is 0.341 e. The van der Waals surface area contributed by atoms with Gasteiger partial charge in [0, 0.05) is 0 Å². The molecule has 0 aromatic carbocycles. The summed E-state index contributed by atoms with van der Waals surface area (Å²) in [7, 11) is 0. The molecule has 0 radical (unpaired) electrons. The van der Waals surface area contributed by atoms with Gasteiger partial charge in [0.2, 0.25) is 5.88 Å². The Labute approximate surface area is 119 Å². The van der Waals surface area contributed by atoms with Gasteiger partial charge in [0.25, 0.3) is 0 Å². The van der Waals surface area contributed by atoms with Crippen LogP contribution in [0.15, 0.2) is 0 Å². The predicted molar refractivity (Wildman–Crippen MR) is 75.2 cm³/mol. The number of hydrogen-bond acceptors (Lipinski definition) is 4. The standard InChI is InChI=1S/C15H22N2O3/c1-3-11-12(4-2)16-17-14(13(11)15(18)19)20-10-8-6-5-7-9-10/h10H,3-9H2,1-2H3,(H,18,19).